The first kappa shape index (κ1) is 27.6. The second-order valence-corrected chi connectivity index (χ2v) is 7.44. The van der Waals surface area contributed by atoms with Gasteiger partial charge in [0, 0.05) is 5.70 Å². The van der Waals surface area contributed by atoms with Crippen LogP contribution in [-0.4, -0.2) is 0 Å². The van der Waals surface area contributed by atoms with Crippen molar-refractivity contribution in [1.29, 1.82) is 0 Å². The van der Waals surface area contributed by atoms with E-state index in [9.17, 15) is 0 Å². The van der Waals surface area contributed by atoms with Crippen molar-refractivity contribution >= 4 is 0 Å². The fourth-order valence-electron chi connectivity index (χ4n) is 1.90. The van der Waals surface area contributed by atoms with Crippen LogP contribution in [0, 0.1) is 5.92 Å². The Labute approximate surface area is 153 Å². The first-order chi connectivity index (χ1) is 11.0. The summed E-state index contributed by atoms with van der Waals surface area (Å²) in [5.41, 5.74) is 9.98. The second-order valence-electron chi connectivity index (χ2n) is 7.44. The summed E-state index contributed by atoms with van der Waals surface area (Å²) in [4.78, 5) is 0. The molecule has 1 heteroatoms. The van der Waals surface area contributed by atoms with Gasteiger partial charge in [0.25, 0.3) is 0 Å². The molecular formula is C23H45N. The molecule has 0 aromatic rings. The van der Waals surface area contributed by atoms with Gasteiger partial charge in [0.1, 0.15) is 0 Å². The lowest BCUT2D eigenvalue weighted by atomic mass is 10.1. The van der Waals surface area contributed by atoms with E-state index in [0.717, 1.165) is 30.9 Å². The van der Waals surface area contributed by atoms with E-state index >= 15 is 0 Å². The van der Waals surface area contributed by atoms with Crippen molar-refractivity contribution in [2.75, 3.05) is 0 Å². The number of hydrogen-bond acceptors (Lipinski definition) is 1. The summed E-state index contributed by atoms with van der Waals surface area (Å²) in [6.07, 6.45) is 9.48. The van der Waals surface area contributed by atoms with Crippen LogP contribution < -0.4 is 5.73 Å². The minimum absolute atomic E-state index is 0.775. The van der Waals surface area contributed by atoms with Crippen LogP contribution in [0.5, 0.6) is 0 Å². The molecule has 0 radical (unpaired) electrons. The van der Waals surface area contributed by atoms with E-state index in [-0.39, 0.29) is 0 Å². The van der Waals surface area contributed by atoms with Gasteiger partial charge >= 0.3 is 0 Å². The number of allylic oxidation sites excluding steroid dienone is 4. The summed E-state index contributed by atoms with van der Waals surface area (Å²) >= 11 is 0. The molecule has 0 aliphatic heterocycles. The largest absolute Gasteiger partial charge is 0.403 e. The number of rotatable bonds is 10. The topological polar surface area (TPSA) is 26.0 Å². The van der Waals surface area contributed by atoms with Gasteiger partial charge in [0.05, 0.1) is 0 Å². The number of unbranched alkanes of at least 4 members (excludes halogenated alkanes) is 3. The van der Waals surface area contributed by atoms with Gasteiger partial charge in [-0.25, -0.2) is 0 Å². The zero-order valence-corrected chi connectivity index (χ0v) is 17.6. The molecule has 1 nitrogen and oxygen atoms in total. The highest BCUT2D eigenvalue weighted by Crippen LogP contribution is 2.06. The van der Waals surface area contributed by atoms with Crippen LogP contribution in [0.15, 0.2) is 48.7 Å². The molecule has 24 heavy (non-hydrogen) atoms. The molecule has 0 aliphatic rings. The van der Waals surface area contributed by atoms with E-state index in [0.29, 0.717) is 0 Å². The first-order valence-electron chi connectivity index (χ1n) is 9.39. The Hall–Kier alpha value is -1.24. The molecule has 0 aromatic heterocycles. The predicted molar refractivity (Wildman–Crippen MR) is 115 cm³/mol. The third kappa shape index (κ3) is 42.8. The Morgan fingerprint density at radius 1 is 0.750 bits per heavy atom. The third-order valence-electron chi connectivity index (χ3n) is 3.09. The van der Waals surface area contributed by atoms with Crippen molar-refractivity contribution in [2.45, 2.75) is 92.9 Å². The molecule has 0 fully saturated rings. The van der Waals surface area contributed by atoms with E-state index in [1.54, 1.807) is 0 Å². The van der Waals surface area contributed by atoms with Gasteiger partial charge in [-0.15, -0.1) is 19.7 Å². The Morgan fingerprint density at radius 3 is 1.42 bits per heavy atom. The summed E-state index contributed by atoms with van der Waals surface area (Å²) in [5.74, 6) is 0.775. The van der Waals surface area contributed by atoms with Gasteiger partial charge in [-0.05, 0) is 58.8 Å². The maximum atomic E-state index is 5.38. The Balaban J connectivity index is -0.000000278. The number of hydrogen-bond donors (Lipinski definition) is 1. The maximum absolute atomic E-state index is 5.38. The minimum atomic E-state index is 0.775. The van der Waals surface area contributed by atoms with Crippen molar-refractivity contribution in [3.8, 4) is 0 Å². The lowest BCUT2D eigenvalue weighted by Crippen LogP contribution is -1.93. The predicted octanol–water partition coefficient (Wildman–Crippen LogP) is 7.96. The van der Waals surface area contributed by atoms with Gasteiger partial charge in [0.15, 0.2) is 0 Å². The van der Waals surface area contributed by atoms with Crippen LogP contribution in [0.3, 0.4) is 0 Å². The summed E-state index contributed by atoms with van der Waals surface area (Å²) in [5, 5.41) is 0. The smallest absolute Gasteiger partial charge is 0.000744 e. The van der Waals surface area contributed by atoms with Gasteiger partial charge < -0.3 is 5.73 Å². The molecule has 0 spiro atoms. The molecule has 2 N–H and O–H groups in total. The van der Waals surface area contributed by atoms with E-state index < -0.39 is 0 Å². The van der Waals surface area contributed by atoms with E-state index in [1.165, 1.54) is 48.8 Å². The lowest BCUT2D eigenvalue weighted by Gasteiger charge is -1.99. The molecule has 0 saturated heterocycles. The van der Waals surface area contributed by atoms with Crippen molar-refractivity contribution < 1.29 is 0 Å². The molecule has 0 unspecified atom stereocenters. The first-order valence-corrected chi connectivity index (χ1v) is 9.39. The zero-order valence-electron chi connectivity index (χ0n) is 17.6. The summed E-state index contributed by atoms with van der Waals surface area (Å²) in [6.45, 7) is 27.8. The van der Waals surface area contributed by atoms with Crippen LogP contribution >= 0.6 is 0 Å². The van der Waals surface area contributed by atoms with Crippen molar-refractivity contribution in [2.24, 2.45) is 11.7 Å². The molecular weight excluding hydrogens is 290 g/mol. The SMILES string of the molecule is C=C(C)CC(C)C.C=C(C)CCC(=C)C.C=C(N)CCCCCC. The van der Waals surface area contributed by atoms with Gasteiger partial charge in [-0.1, -0.05) is 63.3 Å². The average Bonchev–Trinajstić information content (AvgIpc) is 2.41. The summed E-state index contributed by atoms with van der Waals surface area (Å²) in [6, 6.07) is 0. The molecule has 0 aliphatic carbocycles. The van der Waals surface area contributed by atoms with Crippen LogP contribution in [-0.2, 0) is 0 Å². The van der Waals surface area contributed by atoms with Crippen LogP contribution in [0.4, 0.5) is 0 Å². The summed E-state index contributed by atoms with van der Waals surface area (Å²) < 4.78 is 0. The van der Waals surface area contributed by atoms with Crippen LogP contribution in [0.1, 0.15) is 92.9 Å². The minimum Gasteiger partial charge on any atom is -0.403 e. The molecule has 0 saturated carbocycles. The Morgan fingerprint density at radius 2 is 1.21 bits per heavy atom. The van der Waals surface area contributed by atoms with E-state index in [1.807, 2.05) is 13.8 Å². The van der Waals surface area contributed by atoms with E-state index in [2.05, 4.69) is 54.0 Å². The Kier molecular flexibility index (Phi) is 22.8. The van der Waals surface area contributed by atoms with Crippen LogP contribution in [0.2, 0.25) is 0 Å². The second kappa shape index (κ2) is 19.8. The molecule has 0 heterocycles. The van der Waals surface area contributed by atoms with Crippen molar-refractivity contribution in [3.63, 3.8) is 0 Å². The molecule has 0 amide bonds. The monoisotopic (exact) mass is 335 g/mol. The quantitative estimate of drug-likeness (QED) is 0.318. The van der Waals surface area contributed by atoms with Gasteiger partial charge in [-0.2, -0.15) is 0 Å². The highest BCUT2D eigenvalue weighted by molar-refractivity contribution is 4.96. The third-order valence-corrected chi connectivity index (χ3v) is 3.09. The average molecular weight is 336 g/mol. The number of nitrogens with two attached hydrogens (primary N) is 1. The fourth-order valence-corrected chi connectivity index (χ4v) is 1.90. The summed E-state index contributed by atoms with van der Waals surface area (Å²) in [7, 11) is 0. The lowest BCUT2D eigenvalue weighted by molar-refractivity contribution is 0.644. The fraction of sp³-hybridized carbons (Fsp3) is 0.652. The van der Waals surface area contributed by atoms with Gasteiger partial charge in [0.2, 0.25) is 0 Å². The van der Waals surface area contributed by atoms with Crippen molar-refractivity contribution in [3.05, 3.63) is 48.7 Å². The molecule has 142 valence electrons. The molecule has 0 bridgehead atoms. The van der Waals surface area contributed by atoms with Gasteiger partial charge in [-0.3, -0.25) is 0 Å². The standard InChI is InChI=1S/C8H17N.C8H14.C7H14/c1-3-4-5-6-7-8(2)9;1-7(2)5-6-8(3)4;1-6(2)5-7(3)4/h2-7,9H2,1H3;1,3,5-6H2,2,4H3;7H,1,5H2,2-4H3. The normalized spacial score (nSPS) is 9.29. The van der Waals surface area contributed by atoms with E-state index in [4.69, 9.17) is 5.73 Å². The molecule has 0 atom stereocenters. The maximum Gasteiger partial charge on any atom is 0.000744 e. The molecule has 0 aromatic carbocycles. The highest BCUT2D eigenvalue weighted by atomic mass is 14.5. The molecule has 0 rings (SSSR count). The van der Waals surface area contributed by atoms with Crippen LogP contribution in [0.25, 0.3) is 0 Å². The zero-order chi connectivity index (χ0) is 19.5. The Bertz CT molecular complexity index is 333. The highest BCUT2D eigenvalue weighted by Gasteiger charge is 1.90. The van der Waals surface area contributed by atoms with Crippen molar-refractivity contribution in [1.82, 2.24) is 0 Å².